The molecule has 2 aromatic heterocycles. The van der Waals surface area contributed by atoms with Gasteiger partial charge in [-0.3, -0.25) is 9.69 Å². The van der Waals surface area contributed by atoms with E-state index in [1.165, 1.54) is 34.4 Å². The number of carbonyl (C=O) groups is 1. The van der Waals surface area contributed by atoms with Crippen molar-refractivity contribution in [1.29, 1.82) is 0 Å². The Hall–Kier alpha value is -1.86. The maximum absolute atomic E-state index is 11.1. The average Bonchev–Trinajstić information content (AvgIpc) is 2.78. The largest absolute Gasteiger partial charge is 0.302 e. The number of thiazole rings is 1. The molecule has 122 valence electrons. The Morgan fingerprint density at radius 3 is 2.87 bits per heavy atom. The Morgan fingerprint density at radius 1 is 1.30 bits per heavy atom. The number of rotatable bonds is 3. The lowest BCUT2D eigenvalue weighted by Crippen LogP contribution is -2.25. The number of fused-ring (bicyclic) bond motifs is 1. The van der Waals surface area contributed by atoms with Crippen LogP contribution in [0.3, 0.4) is 0 Å². The van der Waals surface area contributed by atoms with Gasteiger partial charge in [0.25, 0.3) is 0 Å². The fourth-order valence-electron chi connectivity index (χ4n) is 2.95. The summed E-state index contributed by atoms with van der Waals surface area (Å²) in [7, 11) is 0. The predicted molar refractivity (Wildman–Crippen MR) is 90.6 cm³/mol. The maximum Gasteiger partial charge on any atom is 0.223 e. The number of hydrogen-bond acceptors (Lipinski definition) is 6. The van der Waals surface area contributed by atoms with Crippen LogP contribution in [0, 0.1) is 13.8 Å². The summed E-state index contributed by atoms with van der Waals surface area (Å²) in [5, 5.41) is 3.40. The molecule has 0 saturated heterocycles. The first-order valence-corrected chi connectivity index (χ1v) is 8.60. The predicted octanol–water partition coefficient (Wildman–Crippen LogP) is 2.11. The standard InChI is InChI=1S/C16H21N5OS/c1-10-14-4-6-21(7-5-15(14)19-11(2)18-10)9-13-8-17-16(23-13)20-12(3)22/h8H,4-7,9H2,1-3H3,(H,17,20,22). The Morgan fingerprint density at radius 2 is 2.09 bits per heavy atom. The molecule has 0 saturated carbocycles. The molecule has 0 aliphatic carbocycles. The number of nitrogens with zero attached hydrogens (tertiary/aromatic N) is 4. The molecule has 3 rings (SSSR count). The lowest BCUT2D eigenvalue weighted by atomic mass is 10.1. The average molecular weight is 331 g/mol. The van der Waals surface area contributed by atoms with E-state index >= 15 is 0 Å². The van der Waals surface area contributed by atoms with Crippen molar-refractivity contribution in [3.8, 4) is 0 Å². The van der Waals surface area contributed by atoms with Crippen molar-refractivity contribution in [3.63, 3.8) is 0 Å². The van der Waals surface area contributed by atoms with Gasteiger partial charge in [0.1, 0.15) is 5.82 Å². The minimum absolute atomic E-state index is 0.0828. The van der Waals surface area contributed by atoms with Gasteiger partial charge in [0.05, 0.1) is 0 Å². The third kappa shape index (κ3) is 3.92. The van der Waals surface area contributed by atoms with Crippen LogP contribution in [0.5, 0.6) is 0 Å². The lowest BCUT2D eigenvalue weighted by molar-refractivity contribution is -0.114. The summed E-state index contributed by atoms with van der Waals surface area (Å²) in [5.41, 5.74) is 3.61. The summed E-state index contributed by atoms with van der Waals surface area (Å²) >= 11 is 1.54. The van der Waals surface area contributed by atoms with Gasteiger partial charge in [-0.15, -0.1) is 11.3 Å². The molecule has 1 aliphatic rings. The van der Waals surface area contributed by atoms with Crippen LogP contribution in [0.1, 0.15) is 34.6 Å². The van der Waals surface area contributed by atoms with Gasteiger partial charge in [-0.25, -0.2) is 15.0 Å². The summed E-state index contributed by atoms with van der Waals surface area (Å²) in [4.78, 5) is 28.0. The van der Waals surface area contributed by atoms with E-state index in [1.54, 1.807) is 0 Å². The Balaban J connectivity index is 1.66. The van der Waals surface area contributed by atoms with Gasteiger partial charge in [0, 0.05) is 55.4 Å². The van der Waals surface area contributed by atoms with Gasteiger partial charge in [-0.2, -0.15) is 0 Å². The molecule has 1 aliphatic heterocycles. The Kier molecular flexibility index (Phi) is 4.68. The molecular weight excluding hydrogens is 310 g/mol. The second-order valence-electron chi connectivity index (χ2n) is 5.87. The van der Waals surface area contributed by atoms with Crippen LogP contribution in [0.2, 0.25) is 0 Å². The number of aryl methyl sites for hydroxylation is 2. The second-order valence-corrected chi connectivity index (χ2v) is 6.99. The van der Waals surface area contributed by atoms with E-state index in [9.17, 15) is 4.79 Å². The zero-order valence-corrected chi connectivity index (χ0v) is 14.5. The van der Waals surface area contributed by atoms with E-state index in [-0.39, 0.29) is 5.91 Å². The highest BCUT2D eigenvalue weighted by molar-refractivity contribution is 7.15. The molecule has 0 atom stereocenters. The first-order chi connectivity index (χ1) is 11.0. The van der Waals surface area contributed by atoms with Crippen LogP contribution in [0.15, 0.2) is 6.20 Å². The molecular formula is C16H21N5OS. The van der Waals surface area contributed by atoms with E-state index in [2.05, 4.69) is 32.1 Å². The number of anilines is 1. The Bertz CT molecular complexity index is 727. The molecule has 0 spiro atoms. The zero-order valence-electron chi connectivity index (χ0n) is 13.7. The molecule has 1 amide bonds. The van der Waals surface area contributed by atoms with E-state index in [4.69, 9.17) is 0 Å². The Labute approximate surface area is 140 Å². The van der Waals surface area contributed by atoms with Crippen LogP contribution in [-0.2, 0) is 24.2 Å². The smallest absolute Gasteiger partial charge is 0.223 e. The number of nitrogens with one attached hydrogen (secondary N) is 1. The lowest BCUT2D eigenvalue weighted by Gasteiger charge is -2.18. The van der Waals surface area contributed by atoms with Crippen LogP contribution in [0.25, 0.3) is 0 Å². The van der Waals surface area contributed by atoms with Gasteiger partial charge in [-0.05, 0) is 25.8 Å². The molecule has 1 N–H and O–H groups in total. The molecule has 0 unspecified atom stereocenters. The second kappa shape index (κ2) is 6.72. The summed E-state index contributed by atoms with van der Waals surface area (Å²) < 4.78 is 0. The monoisotopic (exact) mass is 331 g/mol. The number of amides is 1. The minimum Gasteiger partial charge on any atom is -0.302 e. The van der Waals surface area contributed by atoms with Crippen molar-refractivity contribution in [2.45, 2.75) is 40.2 Å². The fourth-order valence-corrected chi connectivity index (χ4v) is 3.85. The topological polar surface area (TPSA) is 71.0 Å². The van der Waals surface area contributed by atoms with E-state index in [0.29, 0.717) is 5.13 Å². The third-order valence-electron chi connectivity index (χ3n) is 3.97. The van der Waals surface area contributed by atoms with E-state index < -0.39 is 0 Å². The number of hydrogen-bond donors (Lipinski definition) is 1. The third-order valence-corrected chi connectivity index (χ3v) is 4.87. The van der Waals surface area contributed by atoms with E-state index in [0.717, 1.165) is 44.0 Å². The van der Waals surface area contributed by atoms with Gasteiger partial charge in [0.15, 0.2) is 5.13 Å². The van der Waals surface area contributed by atoms with Crippen LogP contribution in [0.4, 0.5) is 5.13 Å². The number of carbonyl (C=O) groups excluding carboxylic acids is 1. The summed E-state index contributed by atoms with van der Waals surface area (Å²) in [6, 6.07) is 0. The van der Waals surface area contributed by atoms with Crippen molar-refractivity contribution in [2.75, 3.05) is 18.4 Å². The van der Waals surface area contributed by atoms with Gasteiger partial charge < -0.3 is 5.32 Å². The first-order valence-electron chi connectivity index (χ1n) is 7.79. The zero-order chi connectivity index (χ0) is 16.4. The SMILES string of the molecule is CC(=O)Nc1ncc(CN2CCc3nc(C)nc(C)c3CC2)s1. The van der Waals surface area contributed by atoms with Gasteiger partial charge >= 0.3 is 0 Å². The fraction of sp³-hybridized carbons (Fsp3) is 0.500. The molecule has 3 heterocycles. The summed E-state index contributed by atoms with van der Waals surface area (Å²) in [6.45, 7) is 8.36. The molecule has 0 bridgehead atoms. The first kappa shape index (κ1) is 16.0. The molecule has 0 aromatic carbocycles. The maximum atomic E-state index is 11.1. The summed E-state index contributed by atoms with van der Waals surface area (Å²) in [5.74, 6) is 0.776. The van der Waals surface area contributed by atoms with Crippen molar-refractivity contribution in [1.82, 2.24) is 19.9 Å². The van der Waals surface area contributed by atoms with Crippen molar-refractivity contribution in [2.24, 2.45) is 0 Å². The molecule has 2 aromatic rings. The number of aromatic nitrogens is 3. The van der Waals surface area contributed by atoms with Gasteiger partial charge in [-0.1, -0.05) is 0 Å². The van der Waals surface area contributed by atoms with Crippen LogP contribution >= 0.6 is 11.3 Å². The molecule has 23 heavy (non-hydrogen) atoms. The molecule has 0 fully saturated rings. The highest BCUT2D eigenvalue weighted by Gasteiger charge is 2.18. The van der Waals surface area contributed by atoms with Crippen LogP contribution in [-0.4, -0.2) is 38.8 Å². The van der Waals surface area contributed by atoms with Crippen LogP contribution < -0.4 is 5.32 Å². The normalized spacial score (nSPS) is 15.1. The molecule has 0 radical (unpaired) electrons. The van der Waals surface area contributed by atoms with Crippen molar-refractivity contribution < 1.29 is 4.79 Å². The van der Waals surface area contributed by atoms with Crippen molar-refractivity contribution >= 4 is 22.4 Å². The van der Waals surface area contributed by atoms with Crippen molar-refractivity contribution in [3.05, 3.63) is 33.8 Å². The van der Waals surface area contributed by atoms with E-state index in [1.807, 2.05) is 13.1 Å². The summed E-state index contributed by atoms with van der Waals surface area (Å²) in [6.07, 6.45) is 3.79. The van der Waals surface area contributed by atoms with Gasteiger partial charge in [0.2, 0.25) is 5.91 Å². The highest BCUT2D eigenvalue weighted by atomic mass is 32.1. The highest BCUT2D eigenvalue weighted by Crippen LogP contribution is 2.22. The quantitative estimate of drug-likeness (QED) is 0.933. The molecule has 7 heteroatoms. The minimum atomic E-state index is -0.0828. The molecule has 6 nitrogen and oxygen atoms in total.